The molecule has 0 saturated carbocycles. The van der Waals surface area contributed by atoms with Gasteiger partial charge in [-0.05, 0) is 35.1 Å². The van der Waals surface area contributed by atoms with Crippen molar-refractivity contribution in [1.82, 2.24) is 4.41 Å². The monoisotopic (exact) mass is 350 g/mol. The van der Waals surface area contributed by atoms with Crippen molar-refractivity contribution in [3.8, 4) is 0 Å². The fourth-order valence-electron chi connectivity index (χ4n) is 2.20. The third kappa shape index (κ3) is 4.28. The van der Waals surface area contributed by atoms with Gasteiger partial charge < -0.3 is 0 Å². The number of nitroso groups, excluding NO2 is 1. The molecule has 1 heterocycles. The van der Waals surface area contributed by atoms with Crippen molar-refractivity contribution in [3.05, 3.63) is 57.0 Å². The molecule has 0 saturated heterocycles. The van der Waals surface area contributed by atoms with Gasteiger partial charge in [0.25, 0.3) is 0 Å². The number of hydrogen-bond donors (Lipinski definition) is 0. The number of hydrogen-bond acceptors (Lipinski definition) is 8. The molecule has 0 fully saturated rings. The van der Waals surface area contributed by atoms with Crippen molar-refractivity contribution in [2.45, 2.75) is 37.2 Å². The summed E-state index contributed by atoms with van der Waals surface area (Å²) in [5.74, 6) is 0. The average molecular weight is 350 g/mol. The highest BCUT2D eigenvalue weighted by Gasteiger charge is 2.24. The van der Waals surface area contributed by atoms with Crippen LogP contribution < -0.4 is 0 Å². The van der Waals surface area contributed by atoms with Gasteiger partial charge in [0.1, 0.15) is 6.04 Å². The summed E-state index contributed by atoms with van der Waals surface area (Å²) in [4.78, 5) is 22.7. The zero-order valence-corrected chi connectivity index (χ0v) is 14.2. The first-order valence-corrected chi connectivity index (χ1v) is 8.56. The van der Waals surface area contributed by atoms with Crippen molar-refractivity contribution in [2.75, 3.05) is 6.54 Å². The van der Waals surface area contributed by atoms with Crippen LogP contribution in [-0.2, 0) is 10.9 Å². The minimum atomic E-state index is -0.850. The molecule has 0 radical (unpaired) electrons. The molecule has 0 amide bonds. The van der Waals surface area contributed by atoms with E-state index >= 15 is 0 Å². The summed E-state index contributed by atoms with van der Waals surface area (Å²) < 4.78 is 5.66. The fourth-order valence-corrected chi connectivity index (χ4v) is 3.52. The molecule has 1 aromatic carbocycles. The van der Waals surface area contributed by atoms with E-state index in [-0.39, 0.29) is 11.5 Å². The summed E-state index contributed by atoms with van der Waals surface area (Å²) in [5, 5.41) is 21.7. The molecule has 0 aliphatic carbocycles. The Morgan fingerprint density at radius 2 is 2.17 bits per heavy atom. The Hall–Kier alpha value is -2.49. The van der Waals surface area contributed by atoms with Gasteiger partial charge in [0.15, 0.2) is 0 Å². The average Bonchev–Trinajstić information content (AvgIpc) is 3.06. The van der Waals surface area contributed by atoms with E-state index in [1.807, 2.05) is 37.3 Å². The van der Waals surface area contributed by atoms with Crippen LogP contribution in [0.5, 0.6) is 0 Å². The minimum Gasteiger partial charge on any atom is -0.264 e. The number of rotatable bonds is 8. The molecule has 3 atom stereocenters. The molecule has 3 unspecified atom stereocenters. The van der Waals surface area contributed by atoms with Crippen LogP contribution in [0, 0.1) is 15.0 Å². The van der Waals surface area contributed by atoms with Gasteiger partial charge in [-0.1, -0.05) is 34.8 Å². The van der Waals surface area contributed by atoms with E-state index in [0.717, 1.165) is 4.90 Å². The second kappa shape index (κ2) is 8.39. The predicted molar refractivity (Wildman–Crippen MR) is 90.5 cm³/mol. The Labute approximate surface area is 141 Å². The van der Waals surface area contributed by atoms with Gasteiger partial charge in [-0.25, -0.2) is 4.41 Å². The first kappa shape index (κ1) is 17.9. The summed E-state index contributed by atoms with van der Waals surface area (Å²) in [6.07, 6.45) is 2.03. The molecule has 1 aliphatic rings. The van der Waals surface area contributed by atoms with E-state index in [1.54, 1.807) is 10.5 Å². The van der Waals surface area contributed by atoms with Crippen LogP contribution in [0.3, 0.4) is 0 Å². The van der Waals surface area contributed by atoms with Crippen LogP contribution in [0.2, 0.25) is 0 Å². The SMILES string of the molecule is CCC(=CC(CN1N=NN=S1c1ccccc1)N=O)C(C)[N+](=O)[O-]. The van der Waals surface area contributed by atoms with Crippen LogP contribution in [0.15, 0.2) is 67.0 Å². The molecular weight excluding hydrogens is 332 g/mol. The van der Waals surface area contributed by atoms with Crippen LogP contribution in [0.1, 0.15) is 20.3 Å². The third-order valence-electron chi connectivity index (χ3n) is 3.55. The molecule has 0 bridgehead atoms. The number of nitrogens with zero attached hydrogens (tertiary/aromatic N) is 6. The van der Waals surface area contributed by atoms with Crippen molar-refractivity contribution < 1.29 is 4.92 Å². The smallest absolute Gasteiger partial charge is 0.231 e. The lowest BCUT2D eigenvalue weighted by atomic mass is 10.0. The third-order valence-corrected chi connectivity index (χ3v) is 5.10. The van der Waals surface area contributed by atoms with Crippen LogP contribution in [0.4, 0.5) is 0 Å². The molecule has 0 N–H and O–H groups in total. The van der Waals surface area contributed by atoms with Crippen LogP contribution in [-0.4, -0.2) is 28.0 Å². The lowest BCUT2D eigenvalue weighted by Crippen LogP contribution is -2.27. The Balaban J connectivity index is 2.15. The Morgan fingerprint density at radius 3 is 2.75 bits per heavy atom. The maximum atomic E-state index is 11.2. The molecular formula is C14H18N6O3S. The van der Waals surface area contributed by atoms with Crippen LogP contribution in [0.25, 0.3) is 0 Å². The van der Waals surface area contributed by atoms with E-state index in [1.165, 1.54) is 6.92 Å². The molecule has 1 aromatic rings. The predicted octanol–water partition coefficient (Wildman–Crippen LogP) is 3.50. The first-order valence-electron chi connectivity index (χ1n) is 7.42. The molecule has 2 rings (SSSR count). The molecule has 0 aromatic heterocycles. The molecule has 24 heavy (non-hydrogen) atoms. The van der Waals surface area contributed by atoms with Crippen molar-refractivity contribution in [3.63, 3.8) is 0 Å². The number of benzene rings is 1. The van der Waals surface area contributed by atoms with E-state index < -0.39 is 23.0 Å². The largest absolute Gasteiger partial charge is 0.264 e. The van der Waals surface area contributed by atoms with Gasteiger partial charge in [0.2, 0.25) is 6.04 Å². The highest BCUT2D eigenvalue weighted by Crippen LogP contribution is 2.21. The van der Waals surface area contributed by atoms with Gasteiger partial charge in [-0.2, -0.15) is 4.91 Å². The molecule has 0 spiro atoms. The zero-order valence-electron chi connectivity index (χ0n) is 13.3. The maximum absolute atomic E-state index is 11.2. The maximum Gasteiger partial charge on any atom is 0.231 e. The summed E-state index contributed by atoms with van der Waals surface area (Å²) in [7, 11) is -0.724. The van der Waals surface area contributed by atoms with Crippen molar-refractivity contribution in [2.24, 2.45) is 20.1 Å². The molecule has 10 heteroatoms. The topological polar surface area (TPSA) is 113 Å². The zero-order chi connectivity index (χ0) is 17.5. The lowest BCUT2D eigenvalue weighted by molar-refractivity contribution is -0.508. The van der Waals surface area contributed by atoms with Crippen molar-refractivity contribution >= 4 is 10.9 Å². The van der Waals surface area contributed by atoms with E-state index in [9.17, 15) is 15.0 Å². The second-order valence-corrected chi connectivity index (χ2v) is 6.69. The quantitative estimate of drug-likeness (QED) is 0.309. The van der Waals surface area contributed by atoms with Gasteiger partial charge in [0.05, 0.1) is 17.4 Å². The summed E-state index contributed by atoms with van der Waals surface area (Å²) in [5.41, 5.74) is 0.567. The minimum absolute atomic E-state index is 0.169. The molecule has 9 nitrogen and oxygen atoms in total. The van der Waals surface area contributed by atoms with Gasteiger partial charge in [0, 0.05) is 22.3 Å². The van der Waals surface area contributed by atoms with Gasteiger partial charge in [-0.15, -0.1) is 0 Å². The van der Waals surface area contributed by atoms with Gasteiger partial charge in [-0.3, -0.25) is 10.1 Å². The highest BCUT2D eigenvalue weighted by atomic mass is 32.2. The van der Waals surface area contributed by atoms with E-state index in [2.05, 4.69) is 20.1 Å². The standard InChI is InChI=1S/C14H18N6O3S/c1-3-12(11(2)20(22)23)9-13(15-21)10-19-17-16-18-24(19)14-7-5-4-6-8-14/h4-9,11,13H,3,10H2,1-2H3. The summed E-state index contributed by atoms with van der Waals surface area (Å²) in [6.45, 7) is 3.48. The second-order valence-electron chi connectivity index (χ2n) is 5.10. The summed E-state index contributed by atoms with van der Waals surface area (Å²) in [6, 6.07) is 7.87. The van der Waals surface area contributed by atoms with E-state index in [0.29, 0.717) is 12.0 Å². The Bertz CT molecular complexity index is 691. The fraction of sp³-hybridized carbons (Fsp3) is 0.429. The highest BCUT2D eigenvalue weighted by molar-refractivity contribution is 7.85. The summed E-state index contributed by atoms with van der Waals surface area (Å²) >= 11 is 0. The Morgan fingerprint density at radius 1 is 1.46 bits per heavy atom. The number of nitro groups is 1. The van der Waals surface area contributed by atoms with Crippen LogP contribution >= 0.6 is 0 Å². The van der Waals surface area contributed by atoms with Crippen molar-refractivity contribution in [1.29, 1.82) is 0 Å². The lowest BCUT2D eigenvalue weighted by Gasteiger charge is -2.18. The molecule has 1 aliphatic heterocycles. The molecule has 128 valence electrons. The Kier molecular flexibility index (Phi) is 6.24. The van der Waals surface area contributed by atoms with E-state index in [4.69, 9.17) is 0 Å². The first-order chi connectivity index (χ1) is 11.6. The normalized spacial score (nSPS) is 19.7. The van der Waals surface area contributed by atoms with Gasteiger partial charge >= 0.3 is 0 Å².